The maximum atomic E-state index is 10.7. The fraction of sp³-hybridized carbons (Fsp3) is 0.833. The highest BCUT2D eigenvalue weighted by Gasteiger charge is 2.02. The molecule has 1 amide bonds. The van der Waals surface area contributed by atoms with Gasteiger partial charge in [0.1, 0.15) is 0 Å². The van der Waals surface area contributed by atoms with Gasteiger partial charge in [0.05, 0.1) is 11.9 Å². The van der Waals surface area contributed by atoms with Crippen molar-refractivity contribution >= 4 is 31.2 Å². The topological polar surface area (TPSA) is 41.1 Å². The second-order valence-electron chi connectivity index (χ2n) is 2.13. The summed E-state index contributed by atoms with van der Waals surface area (Å²) >= 11 is 7.84. The van der Waals surface area contributed by atoms with Crippen molar-refractivity contribution in [3.8, 4) is 0 Å². The number of hydrogen-bond donors (Lipinski definition) is 4. The van der Waals surface area contributed by atoms with Crippen molar-refractivity contribution in [2.45, 2.75) is 13.1 Å². The van der Waals surface area contributed by atoms with Crippen LogP contribution in [0.2, 0.25) is 0 Å². The molecule has 66 valence electrons. The second kappa shape index (κ2) is 6.82. The van der Waals surface area contributed by atoms with E-state index in [1.807, 2.05) is 6.92 Å². The Morgan fingerprint density at radius 1 is 1.55 bits per heavy atom. The Labute approximate surface area is 78.1 Å². The van der Waals surface area contributed by atoms with Gasteiger partial charge in [0.25, 0.3) is 0 Å². The molecule has 0 saturated carbocycles. The maximum absolute atomic E-state index is 10.7. The minimum Gasteiger partial charge on any atom is -0.340 e. The van der Waals surface area contributed by atoms with Crippen LogP contribution in [0.3, 0.4) is 0 Å². The number of thiol groups is 2. The molecule has 0 rings (SSSR count). The van der Waals surface area contributed by atoms with E-state index in [1.165, 1.54) is 0 Å². The Morgan fingerprint density at radius 2 is 2.18 bits per heavy atom. The summed E-state index contributed by atoms with van der Waals surface area (Å²) in [7, 11) is 0. The molecule has 1 unspecified atom stereocenters. The fourth-order valence-corrected chi connectivity index (χ4v) is 0.840. The molecule has 0 spiro atoms. The molecule has 1 atom stereocenters. The van der Waals surface area contributed by atoms with Crippen LogP contribution in [0.1, 0.15) is 6.92 Å². The molecule has 3 nitrogen and oxygen atoms in total. The van der Waals surface area contributed by atoms with Crippen molar-refractivity contribution in [1.82, 2.24) is 10.6 Å². The number of carbonyl (C=O) groups is 1. The SMILES string of the molecule is CC(NCCS)NC(=O)CS. The van der Waals surface area contributed by atoms with E-state index in [9.17, 15) is 4.79 Å². The van der Waals surface area contributed by atoms with Crippen molar-refractivity contribution in [3.63, 3.8) is 0 Å². The number of nitrogens with one attached hydrogen (secondary N) is 2. The molecule has 0 aromatic carbocycles. The van der Waals surface area contributed by atoms with Gasteiger partial charge < -0.3 is 5.32 Å². The zero-order valence-corrected chi connectivity index (χ0v) is 8.29. The Kier molecular flexibility index (Phi) is 6.90. The van der Waals surface area contributed by atoms with Gasteiger partial charge in [-0.2, -0.15) is 25.3 Å². The van der Waals surface area contributed by atoms with Gasteiger partial charge in [-0.05, 0) is 6.92 Å². The van der Waals surface area contributed by atoms with Gasteiger partial charge in [-0.1, -0.05) is 0 Å². The second-order valence-corrected chi connectivity index (χ2v) is 2.89. The maximum Gasteiger partial charge on any atom is 0.230 e. The Balaban J connectivity index is 3.35. The van der Waals surface area contributed by atoms with Gasteiger partial charge in [0, 0.05) is 12.3 Å². The van der Waals surface area contributed by atoms with Crippen LogP contribution in [-0.2, 0) is 4.79 Å². The van der Waals surface area contributed by atoms with Gasteiger partial charge >= 0.3 is 0 Å². The molecule has 0 saturated heterocycles. The van der Waals surface area contributed by atoms with Crippen LogP contribution >= 0.6 is 25.3 Å². The quantitative estimate of drug-likeness (QED) is 0.365. The molecule has 0 fully saturated rings. The average molecular weight is 194 g/mol. The van der Waals surface area contributed by atoms with Gasteiger partial charge in [-0.15, -0.1) is 0 Å². The van der Waals surface area contributed by atoms with Crippen LogP contribution in [0, 0.1) is 0 Å². The first kappa shape index (κ1) is 11.1. The first-order chi connectivity index (χ1) is 5.20. The summed E-state index contributed by atoms with van der Waals surface area (Å²) < 4.78 is 0. The average Bonchev–Trinajstić information content (AvgIpc) is 2.00. The fourth-order valence-electron chi connectivity index (χ4n) is 0.619. The molecular weight excluding hydrogens is 180 g/mol. The Morgan fingerprint density at radius 3 is 2.64 bits per heavy atom. The van der Waals surface area contributed by atoms with Crippen LogP contribution in [0.5, 0.6) is 0 Å². The van der Waals surface area contributed by atoms with E-state index in [-0.39, 0.29) is 17.8 Å². The highest BCUT2D eigenvalue weighted by molar-refractivity contribution is 7.81. The van der Waals surface area contributed by atoms with E-state index in [1.54, 1.807) is 0 Å². The van der Waals surface area contributed by atoms with Gasteiger partial charge in [-0.3, -0.25) is 10.1 Å². The lowest BCUT2D eigenvalue weighted by Crippen LogP contribution is -2.44. The summed E-state index contributed by atoms with van der Waals surface area (Å²) in [6.45, 7) is 2.67. The monoisotopic (exact) mass is 194 g/mol. The molecule has 0 bridgehead atoms. The first-order valence-electron chi connectivity index (χ1n) is 3.45. The summed E-state index contributed by atoms with van der Waals surface area (Å²) in [5.74, 6) is 0.932. The lowest BCUT2D eigenvalue weighted by Gasteiger charge is -2.13. The van der Waals surface area contributed by atoms with Crippen molar-refractivity contribution in [2.24, 2.45) is 0 Å². The summed E-state index contributed by atoms with van der Waals surface area (Å²) in [5.41, 5.74) is 0. The summed E-state index contributed by atoms with van der Waals surface area (Å²) in [5, 5.41) is 5.76. The van der Waals surface area contributed by atoms with E-state index in [0.717, 1.165) is 12.3 Å². The van der Waals surface area contributed by atoms with Gasteiger partial charge in [0.2, 0.25) is 5.91 Å². The van der Waals surface area contributed by atoms with Crippen LogP contribution in [0.15, 0.2) is 0 Å². The normalized spacial score (nSPS) is 12.6. The third kappa shape index (κ3) is 6.52. The molecule has 0 heterocycles. The third-order valence-electron chi connectivity index (χ3n) is 1.08. The van der Waals surface area contributed by atoms with Crippen molar-refractivity contribution in [1.29, 1.82) is 0 Å². The largest absolute Gasteiger partial charge is 0.340 e. The summed E-state index contributed by atoms with van der Waals surface area (Å²) in [4.78, 5) is 10.7. The lowest BCUT2D eigenvalue weighted by atomic mass is 10.5. The number of hydrogen-bond acceptors (Lipinski definition) is 4. The predicted octanol–water partition coefficient (Wildman–Crippen LogP) is -0.102. The molecule has 11 heavy (non-hydrogen) atoms. The van der Waals surface area contributed by atoms with E-state index in [0.29, 0.717) is 0 Å². The molecule has 0 aliphatic heterocycles. The standard InChI is InChI=1S/C6H14N2OS2/c1-5(7-2-3-10)8-6(9)4-11/h5,7,10-11H,2-4H2,1H3,(H,8,9). The van der Waals surface area contributed by atoms with Crippen molar-refractivity contribution < 1.29 is 4.79 Å². The van der Waals surface area contributed by atoms with Crippen LogP contribution in [-0.4, -0.2) is 30.1 Å². The van der Waals surface area contributed by atoms with E-state index < -0.39 is 0 Å². The summed E-state index contributed by atoms with van der Waals surface area (Å²) in [6, 6.07) is 0. The van der Waals surface area contributed by atoms with Crippen molar-refractivity contribution in [2.75, 3.05) is 18.1 Å². The molecular formula is C6H14N2OS2. The minimum absolute atomic E-state index is 0.00167. The van der Waals surface area contributed by atoms with Gasteiger partial charge in [-0.25, -0.2) is 0 Å². The van der Waals surface area contributed by atoms with E-state index in [4.69, 9.17) is 0 Å². The van der Waals surface area contributed by atoms with Crippen LogP contribution in [0.25, 0.3) is 0 Å². The Bertz CT molecular complexity index is 121. The van der Waals surface area contributed by atoms with Crippen molar-refractivity contribution in [3.05, 3.63) is 0 Å². The molecule has 0 aliphatic rings. The van der Waals surface area contributed by atoms with Crippen LogP contribution < -0.4 is 10.6 Å². The lowest BCUT2D eigenvalue weighted by molar-refractivity contribution is -0.119. The molecule has 0 aromatic heterocycles. The Hall–Kier alpha value is 0.130. The van der Waals surface area contributed by atoms with Crippen LogP contribution in [0.4, 0.5) is 0 Å². The first-order valence-corrected chi connectivity index (χ1v) is 4.71. The number of carbonyl (C=O) groups excluding carboxylic acids is 1. The third-order valence-corrected chi connectivity index (χ3v) is 1.59. The van der Waals surface area contributed by atoms with E-state index in [2.05, 4.69) is 35.9 Å². The predicted molar refractivity (Wildman–Crippen MR) is 53.3 cm³/mol. The molecule has 2 N–H and O–H groups in total. The zero-order chi connectivity index (χ0) is 8.69. The molecule has 5 heteroatoms. The highest BCUT2D eigenvalue weighted by atomic mass is 32.1. The molecule has 0 aliphatic carbocycles. The molecule has 0 aromatic rings. The summed E-state index contributed by atoms with van der Waals surface area (Å²) in [6.07, 6.45) is 0.00167. The van der Waals surface area contributed by atoms with Gasteiger partial charge in [0.15, 0.2) is 0 Å². The highest BCUT2D eigenvalue weighted by Crippen LogP contribution is 1.79. The smallest absolute Gasteiger partial charge is 0.230 e. The number of amides is 1. The molecule has 0 radical (unpaired) electrons. The zero-order valence-electron chi connectivity index (χ0n) is 6.50. The van der Waals surface area contributed by atoms with E-state index >= 15 is 0 Å². The number of rotatable bonds is 5. The minimum atomic E-state index is -0.0625.